The van der Waals surface area contributed by atoms with Crippen LogP contribution in [0.4, 0.5) is 5.82 Å². The van der Waals surface area contributed by atoms with E-state index in [-0.39, 0.29) is 0 Å². The molecule has 2 rings (SSSR count). The molecule has 0 amide bonds. The molecule has 0 saturated carbocycles. The molecule has 1 N–H and O–H groups in total. The number of pyridine rings is 1. The van der Waals surface area contributed by atoms with Gasteiger partial charge in [-0.3, -0.25) is 4.90 Å². The highest BCUT2D eigenvalue weighted by Gasteiger charge is 2.12. The molecule has 0 fully saturated rings. The molecule has 3 nitrogen and oxygen atoms in total. The van der Waals surface area contributed by atoms with Crippen LogP contribution in [0.15, 0.2) is 35.8 Å². The van der Waals surface area contributed by atoms with Gasteiger partial charge in [-0.2, -0.15) is 0 Å². The van der Waals surface area contributed by atoms with Gasteiger partial charge in [0.15, 0.2) is 0 Å². The Kier molecular flexibility index (Phi) is 6.21. The molecule has 4 heteroatoms. The first-order chi connectivity index (χ1) is 10.2. The van der Waals surface area contributed by atoms with Gasteiger partial charge in [0.1, 0.15) is 5.82 Å². The van der Waals surface area contributed by atoms with Crippen LogP contribution in [0.1, 0.15) is 37.6 Å². The zero-order chi connectivity index (χ0) is 15.1. The molecular formula is C17H25N3S. The summed E-state index contributed by atoms with van der Waals surface area (Å²) in [4.78, 5) is 8.29. The molecule has 0 aromatic carbocycles. The molecule has 2 aromatic rings. The Morgan fingerprint density at radius 3 is 2.81 bits per heavy atom. The molecule has 0 aliphatic rings. The first-order valence-corrected chi connectivity index (χ1v) is 8.52. The maximum absolute atomic E-state index is 4.38. The largest absolute Gasteiger partial charge is 0.370 e. The fraction of sp³-hybridized carbons (Fsp3) is 0.471. The van der Waals surface area contributed by atoms with Crippen LogP contribution in [0, 0.1) is 0 Å². The smallest absolute Gasteiger partial charge is 0.126 e. The zero-order valence-electron chi connectivity index (χ0n) is 13.2. The molecule has 0 unspecified atom stereocenters. The minimum atomic E-state index is 0.521. The van der Waals surface area contributed by atoms with Crippen molar-refractivity contribution in [2.24, 2.45) is 0 Å². The lowest BCUT2D eigenvalue weighted by Crippen LogP contribution is -2.29. The normalized spacial score (nSPS) is 11.3. The SMILES string of the molecule is CCCNc1cc(CN(Cc2cccs2)C(C)C)ccn1. The molecule has 0 saturated heterocycles. The van der Waals surface area contributed by atoms with Gasteiger partial charge in [0.25, 0.3) is 0 Å². The molecule has 2 heterocycles. The summed E-state index contributed by atoms with van der Waals surface area (Å²) in [6, 6.07) is 9.13. The van der Waals surface area contributed by atoms with Crippen molar-refractivity contribution in [1.82, 2.24) is 9.88 Å². The minimum Gasteiger partial charge on any atom is -0.370 e. The van der Waals surface area contributed by atoms with Crippen LogP contribution in [0.25, 0.3) is 0 Å². The molecule has 0 radical (unpaired) electrons. The number of rotatable bonds is 8. The molecule has 114 valence electrons. The van der Waals surface area contributed by atoms with Crippen molar-refractivity contribution >= 4 is 17.2 Å². The summed E-state index contributed by atoms with van der Waals surface area (Å²) in [5, 5.41) is 5.50. The molecule has 0 aliphatic carbocycles. The monoisotopic (exact) mass is 303 g/mol. The van der Waals surface area contributed by atoms with Crippen molar-refractivity contribution in [2.75, 3.05) is 11.9 Å². The first-order valence-electron chi connectivity index (χ1n) is 7.64. The average molecular weight is 303 g/mol. The van der Waals surface area contributed by atoms with Crippen molar-refractivity contribution in [3.63, 3.8) is 0 Å². The third kappa shape index (κ3) is 5.14. The second-order valence-electron chi connectivity index (χ2n) is 5.55. The highest BCUT2D eigenvalue weighted by Crippen LogP contribution is 2.17. The number of nitrogens with zero attached hydrogens (tertiary/aromatic N) is 2. The van der Waals surface area contributed by atoms with E-state index >= 15 is 0 Å². The standard InChI is InChI=1S/C17H25N3S/c1-4-8-18-17-11-15(7-9-19-17)12-20(14(2)3)13-16-6-5-10-21-16/h5-7,9-11,14H,4,8,12-13H2,1-3H3,(H,18,19). The van der Waals surface area contributed by atoms with Crippen LogP contribution in [-0.2, 0) is 13.1 Å². The summed E-state index contributed by atoms with van der Waals surface area (Å²) >= 11 is 1.83. The van der Waals surface area contributed by atoms with Crippen LogP contribution < -0.4 is 5.32 Å². The lowest BCUT2D eigenvalue weighted by molar-refractivity contribution is 0.205. The third-order valence-electron chi connectivity index (χ3n) is 3.44. The van der Waals surface area contributed by atoms with E-state index in [0.29, 0.717) is 6.04 Å². The van der Waals surface area contributed by atoms with Gasteiger partial charge in [-0.05, 0) is 49.4 Å². The van der Waals surface area contributed by atoms with Gasteiger partial charge in [-0.1, -0.05) is 13.0 Å². The van der Waals surface area contributed by atoms with E-state index in [4.69, 9.17) is 0 Å². The molecule has 0 spiro atoms. The van der Waals surface area contributed by atoms with Crippen LogP contribution in [0.5, 0.6) is 0 Å². The second-order valence-corrected chi connectivity index (χ2v) is 6.59. The Bertz CT molecular complexity index is 523. The van der Waals surface area contributed by atoms with Crippen molar-refractivity contribution in [2.45, 2.75) is 46.3 Å². The van der Waals surface area contributed by atoms with Gasteiger partial charge in [-0.25, -0.2) is 4.98 Å². The predicted molar refractivity (Wildman–Crippen MR) is 91.7 cm³/mol. The fourth-order valence-corrected chi connectivity index (χ4v) is 2.91. The maximum atomic E-state index is 4.38. The van der Waals surface area contributed by atoms with Gasteiger partial charge in [-0.15, -0.1) is 11.3 Å². The first kappa shape index (κ1) is 16.0. The van der Waals surface area contributed by atoms with Gasteiger partial charge in [0, 0.05) is 36.8 Å². The molecule has 21 heavy (non-hydrogen) atoms. The fourth-order valence-electron chi connectivity index (χ4n) is 2.18. The molecule has 2 aromatic heterocycles. The predicted octanol–water partition coefficient (Wildman–Crippen LogP) is 4.38. The average Bonchev–Trinajstić information content (AvgIpc) is 2.98. The number of hydrogen-bond acceptors (Lipinski definition) is 4. The Balaban J connectivity index is 2.02. The van der Waals surface area contributed by atoms with E-state index in [9.17, 15) is 0 Å². The van der Waals surface area contributed by atoms with E-state index in [1.54, 1.807) is 0 Å². The summed E-state index contributed by atoms with van der Waals surface area (Å²) in [6.07, 6.45) is 3.01. The lowest BCUT2D eigenvalue weighted by Gasteiger charge is -2.26. The number of anilines is 1. The highest BCUT2D eigenvalue weighted by atomic mass is 32.1. The second kappa shape index (κ2) is 8.15. The number of aromatic nitrogens is 1. The van der Waals surface area contributed by atoms with E-state index in [1.165, 1.54) is 10.4 Å². The maximum Gasteiger partial charge on any atom is 0.126 e. The summed E-state index contributed by atoms with van der Waals surface area (Å²) in [6.45, 7) is 9.61. The van der Waals surface area contributed by atoms with Crippen LogP contribution >= 0.6 is 11.3 Å². The van der Waals surface area contributed by atoms with Crippen molar-refractivity contribution in [3.05, 3.63) is 46.3 Å². The number of hydrogen-bond donors (Lipinski definition) is 1. The van der Waals surface area contributed by atoms with E-state index in [0.717, 1.165) is 31.9 Å². The number of thiophene rings is 1. The van der Waals surface area contributed by atoms with Gasteiger partial charge in [0.05, 0.1) is 0 Å². The zero-order valence-corrected chi connectivity index (χ0v) is 14.0. The van der Waals surface area contributed by atoms with Crippen LogP contribution in [0.3, 0.4) is 0 Å². The van der Waals surface area contributed by atoms with E-state index in [1.807, 2.05) is 17.5 Å². The summed E-state index contributed by atoms with van der Waals surface area (Å²) in [5.74, 6) is 0.981. The molecule has 0 atom stereocenters. The highest BCUT2D eigenvalue weighted by molar-refractivity contribution is 7.09. The van der Waals surface area contributed by atoms with Gasteiger partial charge in [0.2, 0.25) is 0 Å². The Morgan fingerprint density at radius 1 is 1.29 bits per heavy atom. The summed E-state index contributed by atoms with van der Waals surface area (Å²) in [5.41, 5.74) is 1.31. The Morgan fingerprint density at radius 2 is 2.14 bits per heavy atom. The topological polar surface area (TPSA) is 28.2 Å². The van der Waals surface area contributed by atoms with Crippen molar-refractivity contribution in [1.29, 1.82) is 0 Å². The third-order valence-corrected chi connectivity index (χ3v) is 4.30. The molecule has 0 aliphatic heterocycles. The molecular weight excluding hydrogens is 278 g/mol. The van der Waals surface area contributed by atoms with Crippen molar-refractivity contribution < 1.29 is 0 Å². The quantitative estimate of drug-likeness (QED) is 0.784. The van der Waals surface area contributed by atoms with Crippen LogP contribution in [-0.4, -0.2) is 22.5 Å². The van der Waals surface area contributed by atoms with Gasteiger partial charge < -0.3 is 5.32 Å². The Hall–Kier alpha value is -1.39. The Labute approximate surface area is 132 Å². The van der Waals surface area contributed by atoms with Crippen molar-refractivity contribution in [3.8, 4) is 0 Å². The minimum absolute atomic E-state index is 0.521. The van der Waals surface area contributed by atoms with Gasteiger partial charge >= 0.3 is 0 Å². The summed E-state index contributed by atoms with van der Waals surface area (Å²) in [7, 11) is 0. The number of nitrogens with one attached hydrogen (secondary N) is 1. The summed E-state index contributed by atoms with van der Waals surface area (Å²) < 4.78 is 0. The molecule has 0 bridgehead atoms. The van der Waals surface area contributed by atoms with Crippen LogP contribution in [0.2, 0.25) is 0 Å². The lowest BCUT2D eigenvalue weighted by atomic mass is 10.2. The van der Waals surface area contributed by atoms with E-state index in [2.05, 4.69) is 65.6 Å². The van der Waals surface area contributed by atoms with E-state index < -0.39 is 0 Å².